The predicted molar refractivity (Wildman–Crippen MR) is 88.4 cm³/mol. The number of aromatic nitrogens is 3. The molecule has 2 aromatic rings. The molecule has 0 aliphatic heterocycles. The molecular formula is C15H18BrN3O2S. The fraction of sp³-hybridized carbons (Fsp3) is 0.533. The molecule has 0 atom stereocenters. The topological polar surface area (TPSA) is 57.0 Å². The molecule has 0 unspecified atom stereocenters. The summed E-state index contributed by atoms with van der Waals surface area (Å²) in [5, 5.41) is 8.47. The largest absolute Gasteiger partial charge is 0.460 e. The lowest BCUT2D eigenvalue weighted by molar-refractivity contribution is 0.0505. The number of hydrogen-bond acceptors (Lipinski definition) is 5. The Labute approximate surface area is 141 Å². The number of carbonyl (C=O) groups excluding carboxylic acids is 1. The highest BCUT2D eigenvalue weighted by Gasteiger charge is 2.39. The summed E-state index contributed by atoms with van der Waals surface area (Å²) in [6, 6.07) is 4.43. The molecule has 22 heavy (non-hydrogen) atoms. The van der Waals surface area contributed by atoms with Crippen LogP contribution >= 0.6 is 27.3 Å². The molecule has 0 bridgehead atoms. The monoisotopic (exact) mass is 383 g/mol. The lowest BCUT2D eigenvalue weighted by atomic mass is 9.90. The Morgan fingerprint density at radius 2 is 2.18 bits per heavy atom. The first-order chi connectivity index (χ1) is 10.4. The van der Waals surface area contributed by atoms with Crippen LogP contribution in [0.3, 0.4) is 0 Å². The van der Waals surface area contributed by atoms with Gasteiger partial charge in [-0.15, -0.1) is 21.5 Å². The number of thiophene rings is 1. The van der Waals surface area contributed by atoms with Crippen LogP contribution in [-0.2, 0) is 10.2 Å². The number of halogens is 1. The molecular weight excluding hydrogens is 366 g/mol. The zero-order valence-corrected chi connectivity index (χ0v) is 15.2. The highest BCUT2D eigenvalue weighted by atomic mass is 79.9. The summed E-state index contributed by atoms with van der Waals surface area (Å²) in [5.74, 6) is 0.756. The van der Waals surface area contributed by atoms with Crippen molar-refractivity contribution in [2.24, 2.45) is 0 Å². The van der Waals surface area contributed by atoms with Crippen LogP contribution in [0.4, 0.5) is 0 Å². The van der Waals surface area contributed by atoms with Gasteiger partial charge in [-0.05, 0) is 61.7 Å². The van der Waals surface area contributed by atoms with Crippen LogP contribution in [0.25, 0.3) is 0 Å². The fourth-order valence-corrected chi connectivity index (χ4v) is 3.98. The van der Waals surface area contributed by atoms with Gasteiger partial charge in [-0.3, -0.25) is 0 Å². The zero-order chi connectivity index (χ0) is 15.9. The molecule has 7 heteroatoms. The molecule has 5 nitrogen and oxygen atoms in total. The molecule has 2 heterocycles. The van der Waals surface area contributed by atoms with E-state index in [0.29, 0.717) is 18.5 Å². The molecule has 0 saturated heterocycles. The van der Waals surface area contributed by atoms with E-state index in [1.807, 2.05) is 10.6 Å². The summed E-state index contributed by atoms with van der Waals surface area (Å²) in [7, 11) is 0. The number of ether oxygens (including phenoxy) is 1. The van der Waals surface area contributed by atoms with E-state index in [0.717, 1.165) is 22.5 Å². The molecule has 1 aliphatic rings. The van der Waals surface area contributed by atoms with Gasteiger partial charge < -0.3 is 9.30 Å². The van der Waals surface area contributed by atoms with E-state index in [2.05, 4.69) is 46.0 Å². The summed E-state index contributed by atoms with van der Waals surface area (Å²) in [5.41, 5.74) is -0.309. The van der Waals surface area contributed by atoms with E-state index in [1.54, 1.807) is 18.3 Å². The van der Waals surface area contributed by atoms with Gasteiger partial charge in [0.1, 0.15) is 5.82 Å². The third-order valence-corrected chi connectivity index (χ3v) is 5.76. The Balaban J connectivity index is 2.05. The third-order valence-electron chi connectivity index (χ3n) is 3.81. The second kappa shape index (κ2) is 5.77. The molecule has 1 saturated carbocycles. The first-order valence-corrected chi connectivity index (χ1v) is 8.94. The highest BCUT2D eigenvalue weighted by molar-refractivity contribution is 9.11. The van der Waals surface area contributed by atoms with Gasteiger partial charge in [0, 0.05) is 10.9 Å². The lowest BCUT2D eigenvalue weighted by Gasteiger charge is -2.23. The summed E-state index contributed by atoms with van der Waals surface area (Å²) in [4.78, 5) is 13.3. The van der Waals surface area contributed by atoms with Crippen LogP contribution in [0.2, 0.25) is 0 Å². The van der Waals surface area contributed by atoms with Gasteiger partial charge in [-0.1, -0.05) is 0 Å². The average molecular weight is 384 g/mol. The van der Waals surface area contributed by atoms with Crippen LogP contribution < -0.4 is 0 Å². The minimum atomic E-state index is -0.392. The van der Waals surface area contributed by atoms with Crippen molar-refractivity contribution in [3.63, 3.8) is 0 Å². The molecule has 0 amide bonds. The Morgan fingerprint density at radius 3 is 2.73 bits per heavy atom. The van der Waals surface area contributed by atoms with Crippen molar-refractivity contribution in [1.82, 2.24) is 14.8 Å². The van der Waals surface area contributed by atoms with Crippen molar-refractivity contribution >= 4 is 33.2 Å². The Morgan fingerprint density at radius 1 is 1.45 bits per heavy atom. The maximum atomic E-state index is 12.1. The van der Waals surface area contributed by atoms with Crippen LogP contribution in [0.5, 0.6) is 0 Å². The van der Waals surface area contributed by atoms with Crippen molar-refractivity contribution in [2.45, 2.75) is 45.1 Å². The lowest BCUT2D eigenvalue weighted by Crippen LogP contribution is -2.25. The number of carbonyl (C=O) groups is 1. The second-order valence-corrected chi connectivity index (χ2v) is 8.36. The summed E-state index contributed by atoms with van der Waals surface area (Å²) >= 11 is 5.19. The summed E-state index contributed by atoms with van der Waals surface area (Å²) in [6.07, 6.45) is 2.11. The van der Waals surface area contributed by atoms with Crippen molar-refractivity contribution < 1.29 is 9.53 Å². The van der Waals surface area contributed by atoms with Crippen LogP contribution in [-0.4, -0.2) is 27.3 Å². The van der Waals surface area contributed by atoms with Crippen LogP contribution in [0.15, 0.2) is 15.9 Å². The normalized spacial score (nSPS) is 15.1. The van der Waals surface area contributed by atoms with Crippen molar-refractivity contribution in [3.8, 4) is 0 Å². The van der Waals surface area contributed by atoms with Crippen molar-refractivity contribution in [2.75, 3.05) is 6.61 Å². The van der Waals surface area contributed by atoms with E-state index in [4.69, 9.17) is 4.74 Å². The molecule has 118 valence electrons. The van der Waals surface area contributed by atoms with Crippen molar-refractivity contribution in [3.05, 3.63) is 32.4 Å². The Hall–Kier alpha value is -1.21. The molecule has 3 rings (SSSR count). The van der Waals surface area contributed by atoms with Crippen LogP contribution in [0.1, 0.15) is 61.0 Å². The highest BCUT2D eigenvalue weighted by Crippen LogP contribution is 2.42. The second-order valence-electron chi connectivity index (χ2n) is 5.90. The van der Waals surface area contributed by atoms with Gasteiger partial charge >= 0.3 is 5.97 Å². The van der Waals surface area contributed by atoms with E-state index in [1.165, 1.54) is 4.88 Å². The number of hydrogen-bond donors (Lipinski definition) is 0. The SMILES string of the molecule is CCOC(=O)c1nnc(C(C)(C)c2ccc(Br)s2)n1C1CC1. The third kappa shape index (κ3) is 2.72. The van der Waals surface area contributed by atoms with E-state index < -0.39 is 5.97 Å². The number of rotatable bonds is 5. The minimum absolute atomic E-state index is 0.309. The average Bonchev–Trinajstić information content (AvgIpc) is 3.03. The molecule has 1 aliphatic carbocycles. The van der Waals surface area contributed by atoms with E-state index >= 15 is 0 Å². The van der Waals surface area contributed by atoms with Gasteiger partial charge in [0.05, 0.1) is 15.8 Å². The maximum Gasteiger partial charge on any atom is 0.376 e. The molecule has 0 N–H and O–H groups in total. The quantitative estimate of drug-likeness (QED) is 0.733. The molecule has 1 fully saturated rings. The first kappa shape index (κ1) is 15.7. The zero-order valence-electron chi connectivity index (χ0n) is 12.8. The Kier molecular flexibility index (Phi) is 4.11. The maximum absolute atomic E-state index is 12.1. The molecule has 2 aromatic heterocycles. The smallest absolute Gasteiger partial charge is 0.376 e. The predicted octanol–water partition coefficient (Wildman–Crippen LogP) is 3.94. The van der Waals surface area contributed by atoms with Gasteiger partial charge in [0.2, 0.25) is 5.82 Å². The standard InChI is InChI=1S/C15H18BrN3O2S/c1-4-21-13(20)12-17-18-14(19(12)9-5-6-9)15(2,3)10-7-8-11(16)22-10/h7-9H,4-6H2,1-3H3. The number of esters is 1. The number of nitrogens with zero attached hydrogens (tertiary/aromatic N) is 3. The Bertz CT molecular complexity index is 703. The van der Waals surface area contributed by atoms with Gasteiger partial charge in [-0.2, -0.15) is 0 Å². The van der Waals surface area contributed by atoms with Crippen LogP contribution in [0, 0.1) is 0 Å². The summed E-state index contributed by atoms with van der Waals surface area (Å²) < 4.78 is 8.18. The summed E-state index contributed by atoms with van der Waals surface area (Å²) in [6.45, 7) is 6.36. The minimum Gasteiger partial charge on any atom is -0.460 e. The first-order valence-electron chi connectivity index (χ1n) is 7.33. The van der Waals surface area contributed by atoms with Crippen molar-refractivity contribution in [1.29, 1.82) is 0 Å². The molecule has 0 aromatic carbocycles. The van der Waals surface area contributed by atoms with Gasteiger partial charge in [-0.25, -0.2) is 4.79 Å². The van der Waals surface area contributed by atoms with Gasteiger partial charge in [0.25, 0.3) is 0 Å². The van der Waals surface area contributed by atoms with E-state index in [-0.39, 0.29) is 5.41 Å². The molecule has 0 radical (unpaired) electrons. The van der Waals surface area contributed by atoms with Gasteiger partial charge in [0.15, 0.2) is 0 Å². The van der Waals surface area contributed by atoms with E-state index in [9.17, 15) is 4.79 Å². The fourth-order valence-electron chi connectivity index (χ4n) is 2.49. The molecule has 0 spiro atoms.